The zero-order valence-electron chi connectivity index (χ0n) is 26.1. The summed E-state index contributed by atoms with van der Waals surface area (Å²) in [7, 11) is 1.48. The van der Waals surface area contributed by atoms with Crippen molar-refractivity contribution < 1.29 is 54.5 Å². The maximum Gasteiger partial charge on any atom is 0.264 e. The van der Waals surface area contributed by atoms with Crippen LogP contribution in [0.25, 0.3) is 0 Å². The van der Waals surface area contributed by atoms with Gasteiger partial charge in [0, 0.05) is 30.1 Å². The molecule has 0 spiro atoms. The number of carbonyl (C=O) groups is 3. The molecule has 2 saturated heterocycles. The number of aliphatic hydroxyl groups is 6. The number of amides is 3. The third-order valence-corrected chi connectivity index (χ3v) is 9.17. The van der Waals surface area contributed by atoms with E-state index in [1.54, 1.807) is 66.4 Å². The van der Waals surface area contributed by atoms with Crippen molar-refractivity contribution in [1.29, 1.82) is 0 Å². The van der Waals surface area contributed by atoms with Gasteiger partial charge in [0.15, 0.2) is 18.0 Å². The number of carbonyl (C=O) groups excluding carboxylic acids is 3. The first-order valence-corrected chi connectivity index (χ1v) is 15.5. The topological polar surface area (TPSA) is 210 Å². The monoisotopic (exact) mass is 655 g/mol. The first kappa shape index (κ1) is 34.4. The lowest BCUT2D eigenvalue weighted by molar-refractivity contribution is -0.274. The fraction of sp³-hybridized carbons (Fsp3) is 0.485. The molecule has 0 saturated carbocycles. The maximum atomic E-state index is 14.0. The third-order valence-electron chi connectivity index (χ3n) is 9.17. The Labute approximate surface area is 271 Å². The van der Waals surface area contributed by atoms with Gasteiger partial charge in [-0.3, -0.25) is 14.4 Å². The summed E-state index contributed by atoms with van der Waals surface area (Å²) in [4.78, 5) is 42.5. The standard InChI is InChI=1S/C33H41N3O11/c1-18(5-3-7-25(38)35-14-4-6-21(35)17-37)33(45)23-15-22(46-2)12-13-24(23)36(32(33)44)16-19-8-10-20(11-9-19)34-30(42)29-27(40)26(39)28(41)31(43)47-29/h3,5,8-13,15,18,21,26-29,31,37,39-41,43,45H,4,6-7,14,16-17H2,1-2H3,(H,34,42)/b5-3+/t18-,21-,26-,27-,28+,29-,31+,33+/m0/s1. The summed E-state index contributed by atoms with van der Waals surface area (Å²) in [6, 6.07) is 11.2. The normalized spacial score (nSPS) is 29.7. The second-order valence-electron chi connectivity index (χ2n) is 12.1. The lowest BCUT2D eigenvalue weighted by atomic mass is 9.83. The lowest BCUT2D eigenvalue weighted by Gasteiger charge is -2.37. The minimum absolute atomic E-state index is 0.0671. The number of fused-ring (bicyclic) bond motifs is 1. The molecule has 3 aliphatic heterocycles. The van der Waals surface area contributed by atoms with Gasteiger partial charge in [-0.2, -0.15) is 0 Å². The number of anilines is 2. The summed E-state index contributed by atoms with van der Waals surface area (Å²) in [5, 5.41) is 63.5. The van der Waals surface area contributed by atoms with E-state index >= 15 is 0 Å². The highest BCUT2D eigenvalue weighted by molar-refractivity contribution is 6.07. The van der Waals surface area contributed by atoms with Crippen LogP contribution in [0, 0.1) is 5.92 Å². The second kappa shape index (κ2) is 14.1. The van der Waals surface area contributed by atoms with E-state index in [1.165, 1.54) is 12.0 Å². The van der Waals surface area contributed by atoms with Gasteiger partial charge in [0.2, 0.25) is 5.91 Å². The number of rotatable bonds is 10. The van der Waals surface area contributed by atoms with Crippen molar-refractivity contribution in [3.8, 4) is 5.75 Å². The number of nitrogens with one attached hydrogen (secondary N) is 1. The molecule has 0 radical (unpaired) electrons. The number of methoxy groups -OCH3 is 1. The molecule has 14 nitrogen and oxygen atoms in total. The molecule has 0 unspecified atom stereocenters. The van der Waals surface area contributed by atoms with E-state index in [4.69, 9.17) is 9.47 Å². The fourth-order valence-electron chi connectivity index (χ4n) is 6.36. The van der Waals surface area contributed by atoms with Gasteiger partial charge in [-0.15, -0.1) is 0 Å². The average Bonchev–Trinajstić information content (AvgIpc) is 3.64. The Kier molecular flexibility index (Phi) is 10.3. The second-order valence-corrected chi connectivity index (χ2v) is 12.1. The van der Waals surface area contributed by atoms with E-state index in [-0.39, 0.29) is 31.5 Å². The Morgan fingerprint density at radius 1 is 1.11 bits per heavy atom. The predicted molar refractivity (Wildman–Crippen MR) is 167 cm³/mol. The van der Waals surface area contributed by atoms with E-state index in [2.05, 4.69) is 5.32 Å². The molecule has 3 heterocycles. The third kappa shape index (κ3) is 6.63. The van der Waals surface area contributed by atoms with Crippen molar-refractivity contribution in [3.63, 3.8) is 0 Å². The molecule has 14 heteroatoms. The molecule has 254 valence electrons. The summed E-state index contributed by atoms with van der Waals surface area (Å²) >= 11 is 0. The Bertz CT molecular complexity index is 1500. The highest BCUT2D eigenvalue weighted by Crippen LogP contribution is 2.47. The molecule has 2 aromatic rings. The number of hydrogen-bond donors (Lipinski definition) is 7. The fourth-order valence-corrected chi connectivity index (χ4v) is 6.36. The summed E-state index contributed by atoms with van der Waals surface area (Å²) in [6.45, 7) is 2.26. The van der Waals surface area contributed by atoms with Crippen molar-refractivity contribution in [2.75, 3.05) is 30.5 Å². The summed E-state index contributed by atoms with van der Waals surface area (Å²) < 4.78 is 10.3. The van der Waals surface area contributed by atoms with Crippen molar-refractivity contribution in [1.82, 2.24) is 4.90 Å². The molecule has 0 aromatic heterocycles. The van der Waals surface area contributed by atoms with Crippen molar-refractivity contribution in [2.45, 2.75) is 75.1 Å². The van der Waals surface area contributed by atoms with Gasteiger partial charge in [-0.05, 0) is 48.7 Å². The minimum atomic E-state index is -1.96. The number of ether oxygens (including phenoxy) is 2. The van der Waals surface area contributed by atoms with E-state index < -0.39 is 54.0 Å². The highest BCUT2D eigenvalue weighted by Gasteiger charge is 2.53. The first-order valence-electron chi connectivity index (χ1n) is 15.5. The van der Waals surface area contributed by atoms with Crippen LogP contribution in [0.4, 0.5) is 11.4 Å². The number of hydrogen-bond acceptors (Lipinski definition) is 11. The van der Waals surface area contributed by atoms with E-state index in [9.17, 15) is 45.0 Å². The summed E-state index contributed by atoms with van der Waals surface area (Å²) in [5.74, 6) is -1.82. The SMILES string of the molecule is COc1ccc2c(c1)[C@](O)([C@@H](C)/C=C/CC(=O)N1CCC[C@H]1CO)C(=O)N2Cc1ccc(NC(=O)[C@H]2O[C@@H](O)[C@H](O)[C@@H](O)[C@@H]2O)cc1. The molecule has 3 aliphatic rings. The maximum absolute atomic E-state index is 14.0. The van der Waals surface area contributed by atoms with Crippen molar-refractivity contribution in [3.05, 3.63) is 65.7 Å². The highest BCUT2D eigenvalue weighted by atomic mass is 16.6. The number of likely N-dealkylation sites (tertiary alicyclic amines) is 1. The molecule has 7 N–H and O–H groups in total. The van der Waals surface area contributed by atoms with Gasteiger partial charge in [-0.1, -0.05) is 31.2 Å². The molecule has 3 amide bonds. The number of nitrogens with zero attached hydrogens (tertiary/aromatic N) is 2. The van der Waals surface area contributed by atoms with Crippen LogP contribution in [-0.2, 0) is 31.3 Å². The average molecular weight is 656 g/mol. The Morgan fingerprint density at radius 3 is 2.51 bits per heavy atom. The first-order chi connectivity index (χ1) is 22.4. The van der Waals surface area contributed by atoms with Crippen LogP contribution in [0.5, 0.6) is 5.75 Å². The summed E-state index contributed by atoms with van der Waals surface area (Å²) in [5.41, 5.74) is -0.163. The van der Waals surface area contributed by atoms with E-state index in [0.29, 0.717) is 34.8 Å². The van der Waals surface area contributed by atoms with Crippen LogP contribution in [-0.4, -0.2) is 110 Å². The molecule has 47 heavy (non-hydrogen) atoms. The van der Waals surface area contributed by atoms with Gasteiger partial charge in [0.25, 0.3) is 11.8 Å². The van der Waals surface area contributed by atoms with E-state index in [0.717, 1.165) is 12.8 Å². The lowest BCUT2D eigenvalue weighted by Crippen LogP contribution is -2.60. The zero-order valence-corrected chi connectivity index (χ0v) is 26.1. The van der Waals surface area contributed by atoms with Crippen molar-refractivity contribution >= 4 is 29.1 Å². The molecular formula is C33H41N3O11. The molecule has 2 aromatic carbocycles. The molecule has 2 fully saturated rings. The van der Waals surface area contributed by atoms with Crippen LogP contribution in [0.3, 0.4) is 0 Å². The van der Waals surface area contributed by atoms with Gasteiger partial charge in [0.1, 0.15) is 24.1 Å². The molecule has 0 aliphatic carbocycles. The molecule has 8 atom stereocenters. The van der Waals surface area contributed by atoms with Gasteiger partial charge >= 0.3 is 0 Å². The Hall–Kier alpha value is -3.89. The van der Waals surface area contributed by atoms with Crippen LogP contribution >= 0.6 is 0 Å². The van der Waals surface area contributed by atoms with Gasteiger partial charge in [0.05, 0.1) is 32.0 Å². The van der Waals surface area contributed by atoms with Crippen LogP contribution in [0.1, 0.15) is 37.3 Å². The molecule has 0 bridgehead atoms. The molecular weight excluding hydrogens is 614 g/mol. The van der Waals surface area contributed by atoms with E-state index in [1.807, 2.05) is 0 Å². The van der Waals surface area contributed by atoms with Crippen LogP contribution in [0.2, 0.25) is 0 Å². The van der Waals surface area contributed by atoms with Crippen LogP contribution < -0.4 is 15.0 Å². The van der Waals surface area contributed by atoms with Crippen LogP contribution in [0.15, 0.2) is 54.6 Å². The number of benzene rings is 2. The Morgan fingerprint density at radius 2 is 1.83 bits per heavy atom. The zero-order chi connectivity index (χ0) is 34.0. The van der Waals surface area contributed by atoms with Gasteiger partial charge < -0.3 is 55.2 Å². The van der Waals surface area contributed by atoms with Gasteiger partial charge in [-0.25, -0.2) is 0 Å². The summed E-state index contributed by atoms with van der Waals surface area (Å²) in [6.07, 6.45) is -3.88. The number of aliphatic hydroxyl groups excluding tert-OH is 5. The Balaban J connectivity index is 1.29. The smallest absolute Gasteiger partial charge is 0.264 e. The largest absolute Gasteiger partial charge is 0.497 e. The minimum Gasteiger partial charge on any atom is -0.497 e. The molecule has 5 rings (SSSR count). The quantitative estimate of drug-likeness (QED) is 0.166. The predicted octanol–water partition coefficient (Wildman–Crippen LogP) is -0.266. The van der Waals surface area contributed by atoms with Crippen molar-refractivity contribution in [2.24, 2.45) is 5.92 Å².